The second-order valence-corrected chi connectivity index (χ2v) is 6.98. The minimum Gasteiger partial charge on any atom is -0.275 e. The van der Waals surface area contributed by atoms with Gasteiger partial charge in [0.1, 0.15) is 5.71 Å². The molecular formula is C23H19ClN2O. The first-order valence-corrected chi connectivity index (χ1v) is 9.35. The van der Waals surface area contributed by atoms with Crippen molar-refractivity contribution in [2.24, 2.45) is 4.99 Å². The maximum Gasteiger partial charge on any atom is 0.282 e. The van der Waals surface area contributed by atoms with Crippen LogP contribution in [-0.2, 0) is 4.79 Å². The lowest BCUT2D eigenvalue weighted by Crippen LogP contribution is -2.28. The van der Waals surface area contributed by atoms with Gasteiger partial charge in [0, 0.05) is 11.3 Å². The van der Waals surface area contributed by atoms with Crippen molar-refractivity contribution < 1.29 is 4.79 Å². The van der Waals surface area contributed by atoms with Gasteiger partial charge in [0.2, 0.25) is 0 Å². The van der Waals surface area contributed by atoms with E-state index in [2.05, 4.69) is 17.1 Å². The molecule has 1 amide bonds. The van der Waals surface area contributed by atoms with Gasteiger partial charge in [-0.05, 0) is 55.7 Å². The summed E-state index contributed by atoms with van der Waals surface area (Å²) in [7, 11) is 0. The Kier molecular flexibility index (Phi) is 4.78. The quantitative estimate of drug-likeness (QED) is 0.643. The highest BCUT2D eigenvalue weighted by atomic mass is 35.5. The molecule has 4 heteroatoms. The first-order chi connectivity index (χ1) is 13.1. The molecule has 1 heterocycles. The molecule has 0 spiro atoms. The number of aryl methyl sites for hydroxylation is 1. The summed E-state index contributed by atoms with van der Waals surface area (Å²) >= 11 is 6.34. The third-order valence-corrected chi connectivity index (χ3v) is 4.89. The lowest BCUT2D eigenvalue weighted by Gasteiger charge is -2.18. The number of fused-ring (bicyclic) bond motifs is 1. The molecule has 2 aromatic rings. The van der Waals surface area contributed by atoms with Gasteiger partial charge >= 0.3 is 0 Å². The number of hydrogen-bond donors (Lipinski definition) is 0. The zero-order chi connectivity index (χ0) is 18.8. The van der Waals surface area contributed by atoms with Crippen LogP contribution in [0, 0.1) is 6.92 Å². The summed E-state index contributed by atoms with van der Waals surface area (Å²) in [6.07, 6.45) is 12.1. The fourth-order valence-corrected chi connectivity index (χ4v) is 3.53. The fraction of sp³-hybridized carbons (Fsp3) is 0.130. The molecule has 1 aliphatic heterocycles. The van der Waals surface area contributed by atoms with Crippen LogP contribution in [0.5, 0.6) is 0 Å². The van der Waals surface area contributed by atoms with Crippen LogP contribution in [0.3, 0.4) is 0 Å². The second-order valence-electron chi connectivity index (χ2n) is 6.57. The summed E-state index contributed by atoms with van der Waals surface area (Å²) in [5.74, 6) is -0.141. The summed E-state index contributed by atoms with van der Waals surface area (Å²) < 4.78 is 0. The van der Waals surface area contributed by atoms with Gasteiger partial charge in [0.25, 0.3) is 5.91 Å². The van der Waals surface area contributed by atoms with Crippen molar-refractivity contribution in [2.75, 3.05) is 4.90 Å². The van der Waals surface area contributed by atoms with E-state index in [1.165, 1.54) is 0 Å². The normalized spacial score (nSPS) is 22.0. The molecule has 0 aromatic heterocycles. The van der Waals surface area contributed by atoms with E-state index in [-0.39, 0.29) is 5.91 Å². The van der Waals surface area contributed by atoms with Crippen molar-refractivity contribution in [3.8, 4) is 0 Å². The first kappa shape index (κ1) is 17.5. The van der Waals surface area contributed by atoms with Gasteiger partial charge in [0.05, 0.1) is 16.4 Å². The highest BCUT2D eigenvalue weighted by Crippen LogP contribution is 2.35. The highest BCUT2D eigenvalue weighted by molar-refractivity contribution is 6.55. The first-order valence-electron chi connectivity index (χ1n) is 8.97. The van der Waals surface area contributed by atoms with Gasteiger partial charge in [-0.2, -0.15) is 0 Å². The predicted octanol–water partition coefficient (Wildman–Crippen LogP) is 5.91. The summed E-state index contributed by atoms with van der Waals surface area (Å²) in [6, 6.07) is 13.4. The summed E-state index contributed by atoms with van der Waals surface area (Å²) in [5.41, 5.74) is 4.57. The van der Waals surface area contributed by atoms with Crippen LogP contribution in [0.15, 0.2) is 83.5 Å². The van der Waals surface area contributed by atoms with Gasteiger partial charge in [-0.3, -0.25) is 9.69 Å². The van der Waals surface area contributed by atoms with E-state index in [1.807, 2.05) is 67.6 Å². The minimum absolute atomic E-state index is 0.141. The van der Waals surface area contributed by atoms with Crippen molar-refractivity contribution in [3.63, 3.8) is 0 Å². The Morgan fingerprint density at radius 2 is 1.89 bits per heavy atom. The number of benzene rings is 2. The molecule has 0 fully saturated rings. The predicted molar refractivity (Wildman–Crippen MR) is 112 cm³/mol. The number of hydrogen-bond acceptors (Lipinski definition) is 2. The van der Waals surface area contributed by atoms with Crippen LogP contribution in [0.25, 0.3) is 0 Å². The molecule has 0 unspecified atom stereocenters. The number of anilines is 1. The number of allylic oxidation sites excluding steroid dienone is 5. The SMILES string of the molecule is Cc1ccc(N=C2C(=O)N(C3=C/C=C\CC/C=C\3)c3ccccc32)c(Cl)c1. The molecule has 0 radical (unpaired) electrons. The van der Waals surface area contributed by atoms with Crippen LogP contribution in [-0.4, -0.2) is 11.6 Å². The molecule has 0 saturated carbocycles. The van der Waals surface area contributed by atoms with Gasteiger partial charge < -0.3 is 0 Å². The topological polar surface area (TPSA) is 32.7 Å². The molecule has 3 nitrogen and oxygen atoms in total. The van der Waals surface area contributed by atoms with E-state index in [0.29, 0.717) is 16.4 Å². The minimum atomic E-state index is -0.141. The molecule has 0 atom stereocenters. The molecule has 2 aliphatic rings. The Bertz CT molecular complexity index is 1030. The number of carbonyl (C=O) groups is 1. The largest absolute Gasteiger partial charge is 0.282 e. The number of carbonyl (C=O) groups excluding carboxylic acids is 1. The molecule has 2 aromatic carbocycles. The van der Waals surface area contributed by atoms with E-state index in [0.717, 1.165) is 35.4 Å². The highest BCUT2D eigenvalue weighted by Gasteiger charge is 2.35. The van der Waals surface area contributed by atoms with Crippen LogP contribution in [0.4, 0.5) is 11.4 Å². The Hall–Kier alpha value is -2.91. The third kappa shape index (κ3) is 3.38. The molecule has 27 heavy (non-hydrogen) atoms. The average molecular weight is 375 g/mol. The van der Waals surface area contributed by atoms with E-state index >= 15 is 0 Å². The van der Waals surface area contributed by atoms with Crippen molar-refractivity contribution in [2.45, 2.75) is 19.8 Å². The lowest BCUT2D eigenvalue weighted by molar-refractivity contribution is -0.111. The van der Waals surface area contributed by atoms with Crippen LogP contribution < -0.4 is 4.90 Å². The smallest absolute Gasteiger partial charge is 0.275 e. The summed E-state index contributed by atoms with van der Waals surface area (Å²) in [4.78, 5) is 19.7. The molecule has 0 N–H and O–H groups in total. The van der Waals surface area contributed by atoms with Crippen molar-refractivity contribution in [1.82, 2.24) is 0 Å². The Morgan fingerprint density at radius 3 is 2.74 bits per heavy atom. The molecule has 0 saturated heterocycles. The van der Waals surface area contributed by atoms with E-state index < -0.39 is 0 Å². The molecule has 0 bridgehead atoms. The third-order valence-electron chi connectivity index (χ3n) is 4.59. The molecule has 134 valence electrons. The van der Waals surface area contributed by atoms with Crippen LogP contribution in [0.2, 0.25) is 5.02 Å². The zero-order valence-corrected chi connectivity index (χ0v) is 15.8. The zero-order valence-electron chi connectivity index (χ0n) is 15.0. The van der Waals surface area contributed by atoms with E-state index in [9.17, 15) is 4.79 Å². The van der Waals surface area contributed by atoms with Crippen molar-refractivity contribution in [1.29, 1.82) is 0 Å². The molecule has 1 aliphatic carbocycles. The summed E-state index contributed by atoms with van der Waals surface area (Å²) in [5, 5.41) is 0.541. The number of para-hydroxylation sites is 1. The van der Waals surface area contributed by atoms with Crippen LogP contribution in [0.1, 0.15) is 24.0 Å². The maximum atomic E-state index is 13.3. The number of aliphatic imine (C=N–C) groups is 1. The average Bonchev–Trinajstić information content (AvgIpc) is 2.90. The molecule has 4 rings (SSSR count). The molecular weight excluding hydrogens is 356 g/mol. The number of amides is 1. The number of nitrogens with zero attached hydrogens (tertiary/aromatic N) is 2. The van der Waals surface area contributed by atoms with Crippen molar-refractivity contribution in [3.05, 3.63) is 94.7 Å². The maximum absolute atomic E-state index is 13.3. The monoisotopic (exact) mass is 374 g/mol. The Morgan fingerprint density at radius 1 is 1.07 bits per heavy atom. The lowest BCUT2D eigenvalue weighted by atomic mass is 10.1. The van der Waals surface area contributed by atoms with Gasteiger partial charge in [-0.15, -0.1) is 0 Å². The van der Waals surface area contributed by atoms with E-state index in [1.54, 1.807) is 4.90 Å². The van der Waals surface area contributed by atoms with Crippen molar-refractivity contribution >= 4 is 34.6 Å². The second kappa shape index (κ2) is 7.37. The number of rotatable bonds is 2. The fourth-order valence-electron chi connectivity index (χ4n) is 3.25. The van der Waals surface area contributed by atoms with E-state index in [4.69, 9.17) is 11.6 Å². The standard InChI is InChI=1S/C23H19ClN2O/c1-16-13-14-20(19(24)15-16)25-22-18-11-7-8-12-21(18)26(23(22)27)17-9-5-3-2-4-6-10-17/h3,5-15H,2,4H2,1H3/b5-3-,10-6-,17-9+,25-22?. The van der Waals surface area contributed by atoms with Gasteiger partial charge in [-0.25, -0.2) is 4.99 Å². The van der Waals surface area contributed by atoms with Crippen LogP contribution >= 0.6 is 11.6 Å². The van der Waals surface area contributed by atoms with Gasteiger partial charge in [0.15, 0.2) is 0 Å². The van der Waals surface area contributed by atoms with Gasteiger partial charge in [-0.1, -0.05) is 54.1 Å². The number of halogens is 1. The Labute approximate surface area is 164 Å². The summed E-state index contributed by atoms with van der Waals surface area (Å²) in [6.45, 7) is 1.97. The Balaban J connectivity index is 1.84.